The third kappa shape index (κ3) is 67.4. The Kier molecular flexibility index (Phi) is 63.5. The van der Waals surface area contributed by atoms with Gasteiger partial charge in [0.2, 0.25) is 0 Å². The van der Waals surface area contributed by atoms with E-state index in [0.29, 0.717) is 19.3 Å². The number of rotatable bonds is 66. The number of hydrogen-bond donors (Lipinski definition) is 4. The number of phosphoric acid groups is 2. The Morgan fingerprint density at radius 2 is 0.582 bits per heavy atom. The van der Waals surface area contributed by atoms with Crippen LogP contribution < -0.4 is 0 Å². The van der Waals surface area contributed by atoms with Crippen LogP contribution in [0.5, 0.6) is 0 Å². The molecule has 0 aliphatic rings. The zero-order valence-corrected chi connectivity index (χ0v) is 58.5. The number of ether oxygens (including phenoxy) is 3. The van der Waals surface area contributed by atoms with Crippen LogP contribution in [-0.2, 0) is 55.8 Å². The van der Waals surface area contributed by atoms with Crippen LogP contribution in [-0.4, -0.2) is 95.9 Å². The zero-order valence-electron chi connectivity index (χ0n) is 56.7. The Morgan fingerprint density at radius 1 is 0.319 bits per heavy atom. The fourth-order valence-corrected chi connectivity index (χ4v) is 10.7. The first-order valence-corrected chi connectivity index (χ1v) is 38.2. The van der Waals surface area contributed by atoms with Gasteiger partial charge in [-0.2, -0.15) is 0 Å². The average Bonchev–Trinajstić information content (AvgIpc) is 3.58. The minimum Gasteiger partial charge on any atom is -0.463 e. The molecule has 0 aromatic carbocycles. The van der Waals surface area contributed by atoms with Crippen LogP contribution in [0.1, 0.15) is 278 Å². The molecule has 0 radical (unpaired) electrons. The van der Waals surface area contributed by atoms with E-state index in [2.05, 4.69) is 130 Å². The number of carbonyl (C=O) groups excluding carboxylic acids is 3. The van der Waals surface area contributed by atoms with Gasteiger partial charge in [0.05, 0.1) is 26.4 Å². The smallest absolute Gasteiger partial charge is 0.463 e. The number of allylic oxidation sites excluding steroid dienone is 18. The lowest BCUT2D eigenvalue weighted by Gasteiger charge is -2.21. The first kappa shape index (κ1) is 87.2. The van der Waals surface area contributed by atoms with Gasteiger partial charge in [-0.05, 0) is 109 Å². The van der Waals surface area contributed by atoms with Crippen molar-refractivity contribution in [2.24, 2.45) is 0 Å². The second-order valence-electron chi connectivity index (χ2n) is 23.3. The Bertz CT molecular complexity index is 2100. The van der Waals surface area contributed by atoms with Crippen LogP contribution >= 0.6 is 15.6 Å². The molecule has 4 N–H and O–H groups in total. The molecular formula is C73H126O16P2. The van der Waals surface area contributed by atoms with Crippen molar-refractivity contribution in [3.8, 4) is 0 Å². The van der Waals surface area contributed by atoms with E-state index in [4.69, 9.17) is 32.3 Å². The second kappa shape index (κ2) is 66.2. The lowest BCUT2D eigenvalue weighted by atomic mass is 10.1. The molecule has 0 fully saturated rings. The van der Waals surface area contributed by atoms with E-state index in [1.54, 1.807) is 0 Å². The van der Waals surface area contributed by atoms with Crippen LogP contribution in [0.25, 0.3) is 0 Å². The Labute approximate surface area is 551 Å². The van der Waals surface area contributed by atoms with Crippen molar-refractivity contribution in [3.63, 3.8) is 0 Å². The first-order valence-electron chi connectivity index (χ1n) is 35.2. The molecule has 0 aromatic rings. The Balaban J connectivity index is 4.58. The summed E-state index contributed by atoms with van der Waals surface area (Å²) in [5.41, 5.74) is 0. The van der Waals surface area contributed by atoms with Crippen molar-refractivity contribution in [2.75, 3.05) is 39.6 Å². The van der Waals surface area contributed by atoms with Gasteiger partial charge in [-0.1, -0.05) is 259 Å². The number of hydrogen-bond acceptors (Lipinski definition) is 14. The molecule has 0 aromatic heterocycles. The van der Waals surface area contributed by atoms with Gasteiger partial charge in [-0.15, -0.1) is 0 Å². The van der Waals surface area contributed by atoms with Crippen molar-refractivity contribution in [2.45, 2.75) is 296 Å². The third-order valence-corrected chi connectivity index (χ3v) is 16.4. The molecule has 0 aliphatic heterocycles. The number of phosphoric ester groups is 2. The van der Waals surface area contributed by atoms with Gasteiger partial charge < -0.3 is 34.2 Å². The number of unbranched alkanes of at least 4 members (excludes halogenated alkanes) is 25. The normalized spacial score (nSPS) is 14.8. The Hall–Kier alpha value is -3.79. The minimum absolute atomic E-state index is 0.101. The maximum Gasteiger partial charge on any atom is 0.472 e. The minimum atomic E-state index is -4.93. The molecule has 0 rings (SSSR count). The van der Waals surface area contributed by atoms with Crippen molar-refractivity contribution in [3.05, 3.63) is 109 Å². The lowest BCUT2D eigenvalue weighted by molar-refractivity contribution is -0.161. The fraction of sp³-hybridized carbons (Fsp3) is 0.712. The molecule has 0 saturated heterocycles. The van der Waals surface area contributed by atoms with Crippen LogP contribution in [0.2, 0.25) is 0 Å². The molecule has 91 heavy (non-hydrogen) atoms. The van der Waals surface area contributed by atoms with E-state index in [0.717, 1.165) is 154 Å². The summed E-state index contributed by atoms with van der Waals surface area (Å²) in [6.07, 6.45) is 74.3. The monoisotopic (exact) mass is 1320 g/mol. The molecule has 524 valence electrons. The largest absolute Gasteiger partial charge is 0.472 e. The Morgan fingerprint density at radius 3 is 0.945 bits per heavy atom. The maximum atomic E-state index is 12.9. The van der Waals surface area contributed by atoms with Gasteiger partial charge in [-0.3, -0.25) is 32.5 Å². The lowest BCUT2D eigenvalue weighted by Crippen LogP contribution is -2.30. The highest BCUT2D eigenvalue weighted by Crippen LogP contribution is 2.45. The van der Waals surface area contributed by atoms with Crippen LogP contribution in [0.15, 0.2) is 109 Å². The highest BCUT2D eigenvalue weighted by Gasteiger charge is 2.29. The highest BCUT2D eigenvalue weighted by molar-refractivity contribution is 7.47. The quantitative estimate of drug-likeness (QED) is 0.0146. The van der Waals surface area contributed by atoms with E-state index in [1.165, 1.54) is 64.2 Å². The van der Waals surface area contributed by atoms with Gasteiger partial charge in [0.25, 0.3) is 0 Å². The van der Waals surface area contributed by atoms with Gasteiger partial charge >= 0.3 is 33.6 Å². The molecule has 5 unspecified atom stereocenters. The van der Waals surface area contributed by atoms with Crippen molar-refractivity contribution in [1.82, 2.24) is 0 Å². The predicted octanol–water partition coefficient (Wildman–Crippen LogP) is 19.6. The van der Waals surface area contributed by atoms with E-state index in [1.807, 2.05) is 0 Å². The van der Waals surface area contributed by atoms with Gasteiger partial charge in [0, 0.05) is 19.3 Å². The number of aliphatic hydroxyl groups excluding tert-OH is 2. The molecule has 0 heterocycles. The highest BCUT2D eigenvalue weighted by atomic mass is 31.2. The predicted molar refractivity (Wildman–Crippen MR) is 371 cm³/mol. The van der Waals surface area contributed by atoms with Crippen molar-refractivity contribution < 1.29 is 75.8 Å². The fourth-order valence-electron chi connectivity index (χ4n) is 9.11. The summed E-state index contributed by atoms with van der Waals surface area (Å²) in [6.45, 7) is 2.49. The zero-order chi connectivity index (χ0) is 66.7. The SMILES string of the molecule is CC/C=C\C/C=C\C/C=C\C/C=C\C/C=C\CCCCCCCCCC(=O)OCC(O)COP(=O)(O)OCC(O)COP(=O)(O)OCC(COC(=O)CCCCCCC/C=C\C/C=C\C/C=C\C/C=C\CCCCC)OC(=O)CCCCCCCCCCCCC. The second-order valence-corrected chi connectivity index (χ2v) is 26.2. The third-order valence-electron chi connectivity index (χ3n) is 14.5. The van der Waals surface area contributed by atoms with Crippen LogP contribution in [0, 0.1) is 0 Å². The molecule has 18 heteroatoms. The van der Waals surface area contributed by atoms with Crippen molar-refractivity contribution in [1.29, 1.82) is 0 Å². The summed E-state index contributed by atoms with van der Waals surface area (Å²) >= 11 is 0. The van der Waals surface area contributed by atoms with Gasteiger partial charge in [0.1, 0.15) is 25.4 Å². The number of aliphatic hydroxyl groups is 2. The summed E-state index contributed by atoms with van der Waals surface area (Å²) in [5, 5.41) is 20.5. The van der Waals surface area contributed by atoms with E-state index in [9.17, 15) is 43.5 Å². The topological polar surface area (TPSA) is 231 Å². The van der Waals surface area contributed by atoms with E-state index < -0.39 is 91.5 Å². The summed E-state index contributed by atoms with van der Waals surface area (Å²) in [7, 11) is -9.78. The molecule has 0 saturated carbocycles. The van der Waals surface area contributed by atoms with Gasteiger partial charge in [0.15, 0.2) is 6.10 Å². The molecule has 0 aliphatic carbocycles. The average molecular weight is 1320 g/mol. The summed E-state index contributed by atoms with van der Waals surface area (Å²) < 4.78 is 60.9. The molecule has 0 amide bonds. The van der Waals surface area contributed by atoms with Gasteiger partial charge in [-0.25, -0.2) is 9.13 Å². The van der Waals surface area contributed by atoms with E-state index in [-0.39, 0.29) is 19.3 Å². The standard InChI is InChI=1S/C73H126O16P2/c1-4-7-10-13-16-19-22-24-26-28-30-32-33-35-37-38-40-42-45-47-50-53-56-59-71(76)83-62-68(74)63-85-90(79,80)86-64-69(75)65-87-91(81,82)88-67-70(89-73(78)61-58-55-52-49-44-21-18-15-12-9-6-3)66-84-72(77)60-57-54-51-48-46-43-41-39-36-34-31-29-27-25-23-20-17-14-11-8-5-2/h7,10,16-17,19-20,24-27,30-32,34-35,37,39,41,68-70,74-75H,4-6,8-9,11-15,18,21-23,28-29,33,36,38,40,42-67H2,1-3H3,(H,79,80)(H,81,82)/b10-7-,19-16-,20-17-,26-24-,27-25-,32-30-,34-31-,37-35-,41-39-. The van der Waals surface area contributed by atoms with E-state index >= 15 is 0 Å². The van der Waals surface area contributed by atoms with Crippen LogP contribution in [0.4, 0.5) is 0 Å². The molecule has 5 atom stereocenters. The first-order chi connectivity index (χ1) is 44.2. The molecule has 16 nitrogen and oxygen atoms in total. The maximum absolute atomic E-state index is 12.9. The summed E-state index contributed by atoms with van der Waals surface area (Å²) in [6, 6.07) is 0. The molecular weight excluding hydrogens is 1190 g/mol. The molecule has 0 bridgehead atoms. The van der Waals surface area contributed by atoms with Crippen LogP contribution in [0.3, 0.4) is 0 Å². The number of esters is 3. The van der Waals surface area contributed by atoms with Crippen molar-refractivity contribution >= 4 is 33.6 Å². The summed E-state index contributed by atoms with van der Waals surface area (Å²) in [5.74, 6) is -1.60. The summed E-state index contributed by atoms with van der Waals surface area (Å²) in [4.78, 5) is 58.4. The molecule has 0 spiro atoms. The number of carbonyl (C=O) groups is 3.